The highest BCUT2D eigenvalue weighted by molar-refractivity contribution is 5.75. The van der Waals surface area contributed by atoms with Crippen molar-refractivity contribution in [2.75, 3.05) is 20.1 Å². The molecule has 0 unspecified atom stereocenters. The van der Waals surface area contributed by atoms with Gasteiger partial charge in [0.2, 0.25) is 5.91 Å². The average molecular weight is 371 g/mol. The minimum atomic E-state index is 0.0779. The number of carbonyl (C=O) groups excluding carboxylic acids is 1. The van der Waals surface area contributed by atoms with Crippen molar-refractivity contribution in [1.82, 2.24) is 30.2 Å². The van der Waals surface area contributed by atoms with Crippen molar-refractivity contribution in [3.63, 3.8) is 0 Å². The number of fused-ring (bicyclic) bond motifs is 1. The maximum Gasteiger partial charge on any atom is 0.244 e. The molecule has 1 aliphatic heterocycles. The second-order valence-electron chi connectivity index (χ2n) is 7.89. The van der Waals surface area contributed by atoms with Crippen LogP contribution in [-0.4, -0.2) is 50.9 Å². The largest absolute Gasteiger partial charge is 0.338 e. The first-order valence-corrected chi connectivity index (χ1v) is 10.2. The number of hydrogen-bond donors (Lipinski definition) is 2. The molecule has 1 atom stereocenters. The van der Waals surface area contributed by atoms with Gasteiger partial charge in [-0.3, -0.25) is 14.6 Å². The number of nitrogens with zero attached hydrogens (tertiary/aromatic N) is 4. The van der Waals surface area contributed by atoms with E-state index in [-0.39, 0.29) is 5.91 Å². The predicted octanol–water partition coefficient (Wildman–Crippen LogP) is 2.00. The molecular formula is C20H30N6O. The molecule has 2 N–H and O–H groups in total. The van der Waals surface area contributed by atoms with Crippen LogP contribution in [0.4, 0.5) is 0 Å². The molecule has 0 spiro atoms. The zero-order valence-corrected chi connectivity index (χ0v) is 16.2. The number of H-pyrrole nitrogens is 1. The lowest BCUT2D eigenvalue weighted by Gasteiger charge is -2.24. The van der Waals surface area contributed by atoms with Crippen molar-refractivity contribution in [3.8, 4) is 0 Å². The quantitative estimate of drug-likeness (QED) is 0.789. The zero-order valence-electron chi connectivity index (χ0n) is 16.2. The van der Waals surface area contributed by atoms with E-state index >= 15 is 0 Å². The molecule has 4 rings (SSSR count). The van der Waals surface area contributed by atoms with Crippen molar-refractivity contribution in [1.29, 1.82) is 0 Å². The molecule has 146 valence electrons. The van der Waals surface area contributed by atoms with Crippen LogP contribution in [0, 0.1) is 0 Å². The van der Waals surface area contributed by atoms with Crippen LogP contribution < -0.4 is 5.32 Å². The first kappa shape index (κ1) is 18.2. The summed E-state index contributed by atoms with van der Waals surface area (Å²) in [5, 5.41) is 15.6. The van der Waals surface area contributed by atoms with Crippen molar-refractivity contribution < 1.29 is 4.79 Å². The molecule has 2 aromatic heterocycles. The van der Waals surface area contributed by atoms with Gasteiger partial charge < -0.3 is 10.2 Å². The fourth-order valence-electron chi connectivity index (χ4n) is 4.34. The van der Waals surface area contributed by atoms with E-state index in [1.165, 1.54) is 36.9 Å². The summed E-state index contributed by atoms with van der Waals surface area (Å²) in [7, 11) is 1.87. The Labute approximate surface area is 160 Å². The standard InChI is InChI=1S/C20H30N6O/c1-25(13-18-16-7-3-2-4-8-17(16)23-24-18)20(27)14-26-19(9-11-22-26)15-6-5-10-21-12-15/h9,11,15,21H,2-8,10,12-14H2,1H3,(H,23,24)/t15-/m0/s1. The molecule has 1 aliphatic carbocycles. The van der Waals surface area contributed by atoms with Gasteiger partial charge in [0.15, 0.2) is 0 Å². The number of rotatable bonds is 5. The van der Waals surface area contributed by atoms with E-state index in [9.17, 15) is 4.79 Å². The van der Waals surface area contributed by atoms with E-state index in [0.29, 0.717) is 19.0 Å². The molecule has 0 aromatic carbocycles. The summed E-state index contributed by atoms with van der Waals surface area (Å²) in [6.07, 6.45) is 9.99. The minimum absolute atomic E-state index is 0.0779. The van der Waals surface area contributed by atoms with Gasteiger partial charge in [0, 0.05) is 37.1 Å². The van der Waals surface area contributed by atoms with E-state index in [2.05, 4.69) is 26.7 Å². The van der Waals surface area contributed by atoms with Crippen LogP contribution in [0.2, 0.25) is 0 Å². The normalized spacial score (nSPS) is 20.1. The molecule has 2 aromatic rings. The van der Waals surface area contributed by atoms with Crippen molar-refractivity contribution >= 4 is 5.91 Å². The SMILES string of the molecule is CN(Cc1n[nH]c2c1CCCCC2)C(=O)Cn1nccc1[C@H]1CCCNC1. The molecular weight excluding hydrogens is 340 g/mol. The molecule has 0 saturated carbocycles. The Morgan fingerprint density at radius 1 is 1.30 bits per heavy atom. The number of piperidine rings is 1. The number of nitrogens with one attached hydrogen (secondary N) is 2. The maximum atomic E-state index is 12.8. The highest BCUT2D eigenvalue weighted by atomic mass is 16.2. The second-order valence-corrected chi connectivity index (χ2v) is 7.89. The lowest BCUT2D eigenvalue weighted by atomic mass is 9.96. The molecule has 7 heteroatoms. The number of aromatic nitrogens is 4. The fraction of sp³-hybridized carbons (Fsp3) is 0.650. The van der Waals surface area contributed by atoms with Gasteiger partial charge in [-0.15, -0.1) is 0 Å². The van der Waals surface area contributed by atoms with Crippen LogP contribution in [-0.2, 0) is 30.7 Å². The number of hydrogen-bond acceptors (Lipinski definition) is 4. The number of amides is 1. The summed E-state index contributed by atoms with van der Waals surface area (Å²) in [4.78, 5) is 14.6. The first-order valence-electron chi connectivity index (χ1n) is 10.2. The highest BCUT2D eigenvalue weighted by Gasteiger charge is 2.22. The maximum absolute atomic E-state index is 12.8. The predicted molar refractivity (Wildman–Crippen MR) is 103 cm³/mol. The molecule has 0 bridgehead atoms. The van der Waals surface area contributed by atoms with Gasteiger partial charge in [-0.05, 0) is 56.7 Å². The Balaban J connectivity index is 1.40. The van der Waals surface area contributed by atoms with Crippen molar-refractivity contribution in [2.45, 2.75) is 64.0 Å². The van der Waals surface area contributed by atoms with E-state index in [4.69, 9.17) is 0 Å². The summed E-state index contributed by atoms with van der Waals surface area (Å²) in [5.41, 5.74) is 4.79. The molecule has 0 radical (unpaired) electrons. The molecule has 1 saturated heterocycles. The van der Waals surface area contributed by atoms with Crippen molar-refractivity contribution in [3.05, 3.63) is 34.9 Å². The summed E-state index contributed by atoms with van der Waals surface area (Å²) in [5.74, 6) is 0.524. The molecule has 2 aliphatic rings. The Morgan fingerprint density at radius 3 is 3.04 bits per heavy atom. The second kappa shape index (κ2) is 8.25. The van der Waals surface area contributed by atoms with Gasteiger partial charge in [-0.2, -0.15) is 10.2 Å². The molecule has 27 heavy (non-hydrogen) atoms. The van der Waals surface area contributed by atoms with Gasteiger partial charge in [0.25, 0.3) is 0 Å². The fourth-order valence-corrected chi connectivity index (χ4v) is 4.34. The Morgan fingerprint density at radius 2 is 2.19 bits per heavy atom. The van der Waals surface area contributed by atoms with Crippen LogP contribution in [0.5, 0.6) is 0 Å². The summed E-state index contributed by atoms with van der Waals surface area (Å²) in [6.45, 7) is 2.91. The minimum Gasteiger partial charge on any atom is -0.338 e. The molecule has 7 nitrogen and oxygen atoms in total. The summed E-state index contributed by atoms with van der Waals surface area (Å²) in [6, 6.07) is 2.05. The lowest BCUT2D eigenvalue weighted by Crippen LogP contribution is -2.33. The van der Waals surface area contributed by atoms with Crippen LogP contribution >= 0.6 is 0 Å². The van der Waals surface area contributed by atoms with Gasteiger partial charge in [0.05, 0.1) is 12.2 Å². The highest BCUT2D eigenvalue weighted by Crippen LogP contribution is 2.24. The molecule has 1 amide bonds. The van der Waals surface area contributed by atoms with E-state index in [0.717, 1.165) is 43.7 Å². The van der Waals surface area contributed by atoms with Crippen LogP contribution in [0.15, 0.2) is 12.3 Å². The third-order valence-corrected chi connectivity index (χ3v) is 5.95. The Kier molecular flexibility index (Phi) is 5.57. The molecule has 1 fully saturated rings. The number of carbonyl (C=O) groups is 1. The number of aryl methyl sites for hydroxylation is 1. The van der Waals surface area contributed by atoms with Crippen LogP contribution in [0.1, 0.15) is 60.7 Å². The van der Waals surface area contributed by atoms with Crippen LogP contribution in [0.3, 0.4) is 0 Å². The Hall–Kier alpha value is -2.15. The smallest absolute Gasteiger partial charge is 0.244 e. The van der Waals surface area contributed by atoms with Gasteiger partial charge in [-0.25, -0.2) is 0 Å². The van der Waals surface area contributed by atoms with Gasteiger partial charge in [-0.1, -0.05) is 6.42 Å². The average Bonchev–Trinajstić information content (AvgIpc) is 3.22. The third-order valence-electron chi connectivity index (χ3n) is 5.95. The van der Waals surface area contributed by atoms with Gasteiger partial charge in [0.1, 0.15) is 6.54 Å². The zero-order chi connectivity index (χ0) is 18.6. The van der Waals surface area contributed by atoms with E-state index < -0.39 is 0 Å². The van der Waals surface area contributed by atoms with E-state index in [1.54, 1.807) is 4.90 Å². The molecule has 3 heterocycles. The first-order chi connectivity index (χ1) is 13.2. The number of likely N-dealkylation sites (N-methyl/N-ethyl adjacent to an activating group) is 1. The lowest BCUT2D eigenvalue weighted by molar-refractivity contribution is -0.131. The van der Waals surface area contributed by atoms with Crippen molar-refractivity contribution in [2.24, 2.45) is 0 Å². The third kappa shape index (κ3) is 4.08. The summed E-state index contributed by atoms with van der Waals surface area (Å²) >= 11 is 0. The van der Waals surface area contributed by atoms with Crippen LogP contribution in [0.25, 0.3) is 0 Å². The Bertz CT molecular complexity index is 773. The monoisotopic (exact) mass is 370 g/mol. The van der Waals surface area contributed by atoms with Gasteiger partial charge >= 0.3 is 0 Å². The summed E-state index contributed by atoms with van der Waals surface area (Å²) < 4.78 is 1.88. The topological polar surface area (TPSA) is 78.8 Å². The number of aromatic amines is 1. The van der Waals surface area contributed by atoms with E-state index in [1.807, 2.05) is 17.9 Å².